The molecule has 0 radical (unpaired) electrons. The zero-order chi connectivity index (χ0) is 18.7. The van der Waals surface area contributed by atoms with E-state index in [1.54, 1.807) is 48.5 Å². The molecule has 3 aromatic carbocycles. The predicted molar refractivity (Wildman–Crippen MR) is 92.9 cm³/mol. The lowest BCUT2D eigenvalue weighted by Crippen LogP contribution is -2.13. The third-order valence-electron chi connectivity index (χ3n) is 3.80. The van der Waals surface area contributed by atoms with Crippen molar-refractivity contribution in [3.05, 3.63) is 83.9 Å². The quantitative estimate of drug-likeness (QED) is 0.666. The van der Waals surface area contributed by atoms with Crippen molar-refractivity contribution in [2.45, 2.75) is 6.18 Å². The Morgan fingerprint density at radius 2 is 1.42 bits per heavy atom. The summed E-state index contributed by atoms with van der Waals surface area (Å²) in [5, 5.41) is 11.8. The maximum atomic E-state index is 12.7. The number of rotatable bonds is 3. The van der Waals surface area contributed by atoms with Gasteiger partial charge in [-0.2, -0.15) is 13.2 Å². The zero-order valence-corrected chi connectivity index (χ0v) is 13.4. The molecular formula is C20H14F3NO2. The molecule has 1 amide bonds. The SMILES string of the molecule is O=C(Nc1cccc(C(F)(F)F)c1)c1ccc(-c2ccc(O)cc2)cc1. The monoisotopic (exact) mass is 357 g/mol. The molecule has 3 aromatic rings. The molecule has 0 heterocycles. The number of hydrogen-bond donors (Lipinski definition) is 2. The summed E-state index contributed by atoms with van der Waals surface area (Å²) in [4.78, 5) is 12.2. The van der Waals surface area contributed by atoms with Crippen LogP contribution in [0.25, 0.3) is 11.1 Å². The molecule has 0 aliphatic carbocycles. The van der Waals surface area contributed by atoms with E-state index in [-0.39, 0.29) is 11.4 Å². The number of aromatic hydroxyl groups is 1. The van der Waals surface area contributed by atoms with E-state index < -0.39 is 17.6 Å². The molecule has 6 heteroatoms. The van der Waals surface area contributed by atoms with Crippen LogP contribution in [0.15, 0.2) is 72.8 Å². The molecule has 0 aliphatic rings. The largest absolute Gasteiger partial charge is 0.508 e. The van der Waals surface area contributed by atoms with E-state index >= 15 is 0 Å². The molecule has 2 N–H and O–H groups in total. The van der Waals surface area contributed by atoms with Gasteiger partial charge in [-0.15, -0.1) is 0 Å². The van der Waals surface area contributed by atoms with Crippen molar-refractivity contribution in [1.29, 1.82) is 0 Å². The topological polar surface area (TPSA) is 49.3 Å². The number of phenolic OH excluding ortho intramolecular Hbond substituents is 1. The minimum Gasteiger partial charge on any atom is -0.508 e. The molecule has 3 nitrogen and oxygen atoms in total. The van der Waals surface area contributed by atoms with Crippen LogP contribution >= 0.6 is 0 Å². The van der Waals surface area contributed by atoms with Crippen molar-refractivity contribution in [3.63, 3.8) is 0 Å². The highest BCUT2D eigenvalue weighted by Gasteiger charge is 2.30. The van der Waals surface area contributed by atoms with Gasteiger partial charge in [-0.3, -0.25) is 4.79 Å². The van der Waals surface area contributed by atoms with Gasteiger partial charge in [-0.25, -0.2) is 0 Å². The maximum Gasteiger partial charge on any atom is 0.416 e. The number of hydrogen-bond acceptors (Lipinski definition) is 2. The second-order valence-electron chi connectivity index (χ2n) is 5.66. The molecule has 0 spiro atoms. The van der Waals surface area contributed by atoms with Crippen molar-refractivity contribution in [1.82, 2.24) is 0 Å². The molecule has 0 aliphatic heterocycles. The summed E-state index contributed by atoms with van der Waals surface area (Å²) < 4.78 is 38.2. The first-order chi connectivity index (χ1) is 12.3. The van der Waals surface area contributed by atoms with Crippen LogP contribution in [-0.4, -0.2) is 11.0 Å². The summed E-state index contributed by atoms with van der Waals surface area (Å²) in [6.45, 7) is 0. The van der Waals surface area contributed by atoms with Crippen molar-refractivity contribution < 1.29 is 23.1 Å². The van der Waals surface area contributed by atoms with Crippen molar-refractivity contribution >= 4 is 11.6 Å². The first-order valence-electron chi connectivity index (χ1n) is 7.71. The Kier molecular flexibility index (Phi) is 4.67. The highest BCUT2D eigenvalue weighted by molar-refractivity contribution is 6.04. The molecule has 0 atom stereocenters. The highest BCUT2D eigenvalue weighted by atomic mass is 19.4. The lowest BCUT2D eigenvalue weighted by Gasteiger charge is -2.10. The number of phenols is 1. The van der Waals surface area contributed by atoms with Crippen LogP contribution in [0.2, 0.25) is 0 Å². The fraction of sp³-hybridized carbons (Fsp3) is 0.0500. The Labute approximate surface area is 147 Å². The third-order valence-corrected chi connectivity index (χ3v) is 3.80. The highest BCUT2D eigenvalue weighted by Crippen LogP contribution is 2.30. The summed E-state index contributed by atoms with van der Waals surface area (Å²) in [6, 6.07) is 17.7. The molecule has 0 bridgehead atoms. The minimum absolute atomic E-state index is 0.0763. The van der Waals surface area contributed by atoms with Crippen LogP contribution in [0.4, 0.5) is 18.9 Å². The summed E-state index contributed by atoms with van der Waals surface area (Å²) in [7, 11) is 0. The van der Waals surface area contributed by atoms with Gasteiger partial charge >= 0.3 is 6.18 Å². The second kappa shape index (κ2) is 6.92. The number of benzene rings is 3. The normalized spacial score (nSPS) is 11.2. The summed E-state index contributed by atoms with van der Waals surface area (Å²) in [5.74, 6) is -0.340. The number of anilines is 1. The van der Waals surface area contributed by atoms with E-state index in [0.717, 1.165) is 23.3 Å². The van der Waals surface area contributed by atoms with Gasteiger partial charge in [0.25, 0.3) is 5.91 Å². The second-order valence-corrected chi connectivity index (χ2v) is 5.66. The molecule has 3 rings (SSSR count). The molecule has 0 fully saturated rings. The maximum absolute atomic E-state index is 12.7. The first-order valence-corrected chi connectivity index (χ1v) is 7.71. The number of carbonyl (C=O) groups is 1. The van der Waals surface area contributed by atoms with Crippen molar-refractivity contribution in [3.8, 4) is 16.9 Å². The average molecular weight is 357 g/mol. The van der Waals surface area contributed by atoms with Gasteiger partial charge in [0.2, 0.25) is 0 Å². The number of nitrogens with one attached hydrogen (secondary N) is 1. The van der Waals surface area contributed by atoms with Gasteiger partial charge in [0.15, 0.2) is 0 Å². The average Bonchev–Trinajstić information content (AvgIpc) is 2.62. The molecule has 26 heavy (non-hydrogen) atoms. The van der Waals surface area contributed by atoms with E-state index in [1.807, 2.05) is 0 Å². The fourth-order valence-electron chi connectivity index (χ4n) is 2.44. The smallest absolute Gasteiger partial charge is 0.416 e. The lowest BCUT2D eigenvalue weighted by atomic mass is 10.0. The Bertz CT molecular complexity index is 917. The summed E-state index contributed by atoms with van der Waals surface area (Å²) in [6.07, 6.45) is -4.47. The fourth-order valence-corrected chi connectivity index (χ4v) is 2.44. The number of amides is 1. The Morgan fingerprint density at radius 3 is 2.00 bits per heavy atom. The molecule has 0 saturated carbocycles. The molecular weight excluding hydrogens is 343 g/mol. The zero-order valence-electron chi connectivity index (χ0n) is 13.4. The van der Waals surface area contributed by atoms with E-state index in [1.165, 1.54) is 12.1 Å². The Morgan fingerprint density at radius 1 is 0.846 bits per heavy atom. The van der Waals surface area contributed by atoms with Gasteiger partial charge in [0.05, 0.1) is 5.56 Å². The molecule has 0 unspecified atom stereocenters. The number of carbonyl (C=O) groups excluding carboxylic acids is 1. The third kappa shape index (κ3) is 4.03. The summed E-state index contributed by atoms with van der Waals surface area (Å²) >= 11 is 0. The minimum atomic E-state index is -4.47. The predicted octanol–water partition coefficient (Wildman–Crippen LogP) is 5.33. The van der Waals surface area contributed by atoms with Crippen molar-refractivity contribution in [2.24, 2.45) is 0 Å². The number of alkyl halides is 3. The van der Waals surface area contributed by atoms with Crippen LogP contribution < -0.4 is 5.32 Å². The Hall–Kier alpha value is -3.28. The first kappa shape index (κ1) is 17.5. The van der Waals surface area contributed by atoms with Gasteiger partial charge in [0.1, 0.15) is 5.75 Å². The standard InChI is InChI=1S/C20H14F3NO2/c21-20(22,23)16-2-1-3-17(12-16)24-19(26)15-6-4-13(5-7-15)14-8-10-18(25)11-9-14/h1-12,25H,(H,24,26). The van der Waals surface area contributed by atoms with E-state index in [4.69, 9.17) is 0 Å². The van der Waals surface area contributed by atoms with E-state index in [9.17, 15) is 23.1 Å². The van der Waals surface area contributed by atoms with Crippen molar-refractivity contribution in [2.75, 3.05) is 5.32 Å². The van der Waals surface area contributed by atoms with E-state index in [2.05, 4.69) is 5.32 Å². The molecule has 0 saturated heterocycles. The lowest BCUT2D eigenvalue weighted by molar-refractivity contribution is -0.137. The van der Waals surface area contributed by atoms with Crippen LogP contribution in [0, 0.1) is 0 Å². The molecule has 0 aromatic heterocycles. The summed E-state index contributed by atoms with van der Waals surface area (Å²) in [5.41, 5.74) is 1.30. The van der Waals surface area contributed by atoms with Crippen LogP contribution in [-0.2, 0) is 6.18 Å². The van der Waals surface area contributed by atoms with Gasteiger partial charge in [-0.1, -0.05) is 30.3 Å². The molecule has 132 valence electrons. The van der Waals surface area contributed by atoms with E-state index in [0.29, 0.717) is 5.56 Å². The van der Waals surface area contributed by atoms with Gasteiger partial charge < -0.3 is 10.4 Å². The van der Waals surface area contributed by atoms with Crippen LogP contribution in [0.3, 0.4) is 0 Å². The van der Waals surface area contributed by atoms with Gasteiger partial charge in [-0.05, 0) is 53.6 Å². The number of halogens is 3. The Balaban J connectivity index is 1.75. The van der Waals surface area contributed by atoms with Crippen LogP contribution in [0.5, 0.6) is 5.75 Å². The van der Waals surface area contributed by atoms with Gasteiger partial charge in [0, 0.05) is 11.3 Å². The van der Waals surface area contributed by atoms with Crippen LogP contribution in [0.1, 0.15) is 15.9 Å².